The molecule has 0 aliphatic carbocycles. The van der Waals surface area contributed by atoms with Crippen molar-refractivity contribution in [2.24, 2.45) is 7.05 Å². The van der Waals surface area contributed by atoms with Crippen LogP contribution in [0.15, 0.2) is 60.8 Å². The van der Waals surface area contributed by atoms with Crippen LogP contribution in [0.1, 0.15) is 21.6 Å². The Hall–Kier alpha value is -4.66. The summed E-state index contributed by atoms with van der Waals surface area (Å²) in [6.45, 7) is 2.53. The molecule has 1 aliphatic heterocycles. The van der Waals surface area contributed by atoms with Crippen molar-refractivity contribution in [2.75, 3.05) is 22.9 Å². The highest BCUT2D eigenvalue weighted by molar-refractivity contribution is 6.07. The molecule has 5 N–H and O–H groups in total. The number of hydrogen-bond acceptors (Lipinski definition) is 5. The molecule has 3 heterocycles. The van der Waals surface area contributed by atoms with Gasteiger partial charge in [-0.1, -0.05) is 24.3 Å². The number of aryl methyl sites for hydroxylation is 1. The number of anilines is 3. The number of nitrogens with two attached hydrogens (primary N) is 1. The number of rotatable bonds is 4. The van der Waals surface area contributed by atoms with Gasteiger partial charge in [0.15, 0.2) is 0 Å². The second-order valence-corrected chi connectivity index (χ2v) is 8.44. The molecule has 3 amide bonds. The predicted octanol–water partition coefficient (Wildman–Crippen LogP) is 3.97. The highest BCUT2D eigenvalue weighted by atomic mass is 16.2. The molecule has 35 heavy (non-hydrogen) atoms. The number of carbonyl (C=O) groups is 2. The molecule has 0 unspecified atom stereocenters. The quantitative estimate of drug-likeness (QED) is 0.361. The minimum absolute atomic E-state index is 0.138. The van der Waals surface area contributed by atoms with Gasteiger partial charge >= 0.3 is 6.03 Å². The second-order valence-electron chi connectivity index (χ2n) is 8.44. The SMILES string of the molecule is Cc1cccc(NC(=O)Nc2cccc(-c3c4c(n(C)c3-c3ccnc(N)n3)CCNC4=O)c2)c1. The lowest BCUT2D eigenvalue weighted by Crippen LogP contribution is -2.32. The summed E-state index contributed by atoms with van der Waals surface area (Å²) >= 11 is 0. The molecule has 4 aromatic rings. The van der Waals surface area contributed by atoms with Crippen molar-refractivity contribution in [3.63, 3.8) is 0 Å². The summed E-state index contributed by atoms with van der Waals surface area (Å²) in [7, 11) is 1.92. The Labute approximate surface area is 202 Å². The number of urea groups is 1. The van der Waals surface area contributed by atoms with Gasteiger partial charge in [-0.25, -0.2) is 14.8 Å². The van der Waals surface area contributed by atoms with Crippen LogP contribution in [0.2, 0.25) is 0 Å². The third-order valence-corrected chi connectivity index (χ3v) is 5.99. The van der Waals surface area contributed by atoms with Crippen LogP contribution in [0.4, 0.5) is 22.1 Å². The maximum absolute atomic E-state index is 13.0. The number of nitrogens with one attached hydrogen (secondary N) is 3. The van der Waals surface area contributed by atoms with E-state index in [0.717, 1.165) is 28.1 Å². The fourth-order valence-corrected chi connectivity index (χ4v) is 4.51. The normalized spacial score (nSPS) is 12.6. The first kappa shape index (κ1) is 22.1. The molecule has 0 atom stereocenters. The van der Waals surface area contributed by atoms with Crippen molar-refractivity contribution in [3.05, 3.63) is 77.6 Å². The summed E-state index contributed by atoms with van der Waals surface area (Å²) < 4.78 is 2.00. The van der Waals surface area contributed by atoms with Crippen molar-refractivity contribution >= 4 is 29.3 Å². The fraction of sp³-hybridized carbons (Fsp3) is 0.154. The summed E-state index contributed by atoms with van der Waals surface area (Å²) in [5.74, 6) is 0.0148. The van der Waals surface area contributed by atoms with Gasteiger partial charge in [-0.05, 0) is 48.4 Å². The Morgan fingerprint density at radius 2 is 1.80 bits per heavy atom. The van der Waals surface area contributed by atoms with Crippen molar-refractivity contribution in [1.82, 2.24) is 19.9 Å². The molecule has 2 aromatic heterocycles. The molecule has 176 valence electrons. The summed E-state index contributed by atoms with van der Waals surface area (Å²) in [6, 6.07) is 16.4. The molecule has 9 nitrogen and oxygen atoms in total. The van der Waals surface area contributed by atoms with Gasteiger partial charge in [-0.2, -0.15) is 0 Å². The number of fused-ring (bicyclic) bond motifs is 1. The van der Waals surface area contributed by atoms with Crippen molar-refractivity contribution in [1.29, 1.82) is 0 Å². The van der Waals surface area contributed by atoms with Crippen LogP contribution in [0.25, 0.3) is 22.5 Å². The number of carbonyl (C=O) groups excluding carboxylic acids is 2. The third-order valence-electron chi connectivity index (χ3n) is 5.99. The van der Waals surface area contributed by atoms with E-state index >= 15 is 0 Å². The fourth-order valence-electron chi connectivity index (χ4n) is 4.51. The largest absolute Gasteiger partial charge is 0.368 e. The van der Waals surface area contributed by atoms with E-state index in [9.17, 15) is 9.59 Å². The highest BCUT2D eigenvalue weighted by Gasteiger charge is 2.30. The van der Waals surface area contributed by atoms with Gasteiger partial charge in [-0.15, -0.1) is 0 Å². The maximum atomic E-state index is 13.0. The van der Waals surface area contributed by atoms with Crippen LogP contribution >= 0.6 is 0 Å². The highest BCUT2D eigenvalue weighted by Crippen LogP contribution is 2.40. The van der Waals surface area contributed by atoms with Gasteiger partial charge in [0.05, 0.1) is 17.0 Å². The lowest BCUT2D eigenvalue weighted by atomic mass is 9.96. The molecule has 9 heteroatoms. The minimum atomic E-state index is -0.357. The Kier molecular flexibility index (Phi) is 5.66. The van der Waals surface area contributed by atoms with Crippen molar-refractivity contribution < 1.29 is 9.59 Å². The molecular weight excluding hydrogens is 442 g/mol. The van der Waals surface area contributed by atoms with E-state index in [2.05, 4.69) is 25.9 Å². The summed E-state index contributed by atoms with van der Waals surface area (Å²) in [4.78, 5) is 34.0. The Bertz CT molecular complexity index is 1460. The first-order valence-electron chi connectivity index (χ1n) is 11.2. The zero-order chi connectivity index (χ0) is 24.5. The molecule has 0 saturated carbocycles. The average Bonchev–Trinajstić information content (AvgIpc) is 3.13. The van der Waals surface area contributed by atoms with Gasteiger partial charge < -0.3 is 26.3 Å². The number of amides is 3. The molecule has 0 bridgehead atoms. The molecule has 0 fully saturated rings. The molecule has 0 spiro atoms. The first-order valence-corrected chi connectivity index (χ1v) is 11.2. The van der Waals surface area contributed by atoms with Gasteiger partial charge in [0, 0.05) is 48.8 Å². The zero-order valence-corrected chi connectivity index (χ0v) is 19.4. The van der Waals surface area contributed by atoms with Crippen LogP contribution in [-0.4, -0.2) is 33.0 Å². The topological polar surface area (TPSA) is 127 Å². The van der Waals surface area contributed by atoms with Gasteiger partial charge in [-0.3, -0.25) is 4.79 Å². The zero-order valence-electron chi connectivity index (χ0n) is 19.4. The molecule has 5 rings (SSSR count). The van der Waals surface area contributed by atoms with Gasteiger partial charge in [0.2, 0.25) is 5.95 Å². The monoisotopic (exact) mass is 467 g/mol. The molecular formula is C26H25N7O2. The van der Waals surface area contributed by atoms with E-state index in [-0.39, 0.29) is 17.9 Å². The van der Waals surface area contributed by atoms with E-state index in [1.54, 1.807) is 18.3 Å². The van der Waals surface area contributed by atoms with Gasteiger partial charge in [0.25, 0.3) is 5.91 Å². The number of aromatic nitrogens is 3. The lowest BCUT2D eigenvalue weighted by molar-refractivity contribution is 0.0946. The molecule has 2 aromatic carbocycles. The third kappa shape index (κ3) is 4.31. The van der Waals surface area contributed by atoms with Gasteiger partial charge in [0.1, 0.15) is 0 Å². The molecule has 1 aliphatic rings. The Morgan fingerprint density at radius 3 is 2.54 bits per heavy atom. The Balaban J connectivity index is 1.55. The smallest absolute Gasteiger partial charge is 0.323 e. The Morgan fingerprint density at radius 1 is 1.06 bits per heavy atom. The van der Waals surface area contributed by atoms with E-state index in [1.165, 1.54) is 0 Å². The van der Waals surface area contributed by atoms with Crippen molar-refractivity contribution in [2.45, 2.75) is 13.3 Å². The van der Waals surface area contributed by atoms with E-state index < -0.39 is 0 Å². The standard InChI is InChI=1S/C26H25N7O2/c1-15-5-3-7-17(13-15)30-26(35)31-18-8-4-6-16(14-18)21-22-20(10-12-28-24(22)34)33(2)23(21)19-9-11-29-25(27)32-19/h3-9,11,13-14H,10,12H2,1-2H3,(H,28,34)(H2,27,29,32)(H2,30,31,35). The summed E-state index contributed by atoms with van der Waals surface area (Å²) in [6.07, 6.45) is 2.29. The van der Waals surface area contributed by atoms with E-state index in [4.69, 9.17) is 5.73 Å². The summed E-state index contributed by atoms with van der Waals surface area (Å²) in [5.41, 5.74) is 12.6. The van der Waals surface area contributed by atoms with Crippen LogP contribution in [0, 0.1) is 6.92 Å². The van der Waals surface area contributed by atoms with Crippen LogP contribution in [0.3, 0.4) is 0 Å². The number of nitrogens with zero attached hydrogens (tertiary/aromatic N) is 3. The van der Waals surface area contributed by atoms with Crippen molar-refractivity contribution in [3.8, 4) is 22.5 Å². The van der Waals surface area contributed by atoms with E-state index in [1.807, 2.05) is 61.0 Å². The minimum Gasteiger partial charge on any atom is -0.368 e. The predicted molar refractivity (Wildman–Crippen MR) is 136 cm³/mol. The second kappa shape index (κ2) is 8.94. The lowest BCUT2D eigenvalue weighted by Gasteiger charge is -2.15. The maximum Gasteiger partial charge on any atom is 0.323 e. The van der Waals surface area contributed by atoms with Crippen LogP contribution in [0.5, 0.6) is 0 Å². The molecule has 0 saturated heterocycles. The number of benzene rings is 2. The number of hydrogen-bond donors (Lipinski definition) is 4. The first-order chi connectivity index (χ1) is 16.9. The summed E-state index contributed by atoms with van der Waals surface area (Å²) in [5, 5.41) is 8.67. The average molecular weight is 468 g/mol. The van der Waals surface area contributed by atoms with Crippen LogP contribution < -0.4 is 21.7 Å². The van der Waals surface area contributed by atoms with E-state index in [0.29, 0.717) is 35.6 Å². The number of nitrogen functional groups attached to an aromatic ring is 1. The van der Waals surface area contributed by atoms with Crippen LogP contribution in [-0.2, 0) is 13.5 Å². The molecule has 0 radical (unpaired) electrons.